The number of halogens is 1. The lowest BCUT2D eigenvalue weighted by molar-refractivity contribution is -0.384. The number of hydrogen-bond donors (Lipinski definition) is 1. The van der Waals surface area contributed by atoms with Gasteiger partial charge in [0.25, 0.3) is 5.69 Å². The van der Waals surface area contributed by atoms with Gasteiger partial charge in [0.15, 0.2) is 0 Å². The van der Waals surface area contributed by atoms with Crippen LogP contribution in [0.1, 0.15) is 5.56 Å². The van der Waals surface area contributed by atoms with Gasteiger partial charge >= 0.3 is 0 Å². The fourth-order valence-corrected chi connectivity index (χ4v) is 2.53. The topological polar surface area (TPSA) is 72.2 Å². The van der Waals surface area contributed by atoms with Crippen molar-refractivity contribution in [3.05, 3.63) is 70.0 Å². The monoisotopic (exact) mass is 320 g/mol. The molecule has 7 heteroatoms. The summed E-state index contributed by atoms with van der Waals surface area (Å²) in [6, 6.07) is 11.9. The SMILES string of the molecule is O=C(CSCc1ccc([N+](=O)[O-])cc1)Nc1cccc(F)c1. The third kappa shape index (κ3) is 4.85. The first-order valence-electron chi connectivity index (χ1n) is 6.41. The molecule has 0 aliphatic rings. The number of hydrogen-bond acceptors (Lipinski definition) is 4. The van der Waals surface area contributed by atoms with Gasteiger partial charge in [-0.15, -0.1) is 11.8 Å². The molecule has 1 amide bonds. The van der Waals surface area contributed by atoms with Crippen molar-refractivity contribution < 1.29 is 14.1 Å². The Kier molecular flexibility index (Phi) is 5.48. The van der Waals surface area contributed by atoms with Crippen molar-refractivity contribution in [2.45, 2.75) is 5.75 Å². The average Bonchev–Trinajstić information content (AvgIpc) is 2.47. The number of rotatable bonds is 6. The highest BCUT2D eigenvalue weighted by atomic mass is 32.2. The summed E-state index contributed by atoms with van der Waals surface area (Å²) in [6.07, 6.45) is 0. The van der Waals surface area contributed by atoms with Crippen LogP contribution in [0.5, 0.6) is 0 Å². The second-order valence-electron chi connectivity index (χ2n) is 4.47. The molecule has 0 bridgehead atoms. The van der Waals surface area contributed by atoms with E-state index in [1.807, 2.05) is 0 Å². The molecule has 114 valence electrons. The predicted molar refractivity (Wildman–Crippen MR) is 84.3 cm³/mol. The Hall–Kier alpha value is -2.41. The first-order chi connectivity index (χ1) is 10.5. The highest BCUT2D eigenvalue weighted by Gasteiger charge is 2.06. The molecule has 0 aromatic heterocycles. The molecule has 22 heavy (non-hydrogen) atoms. The van der Waals surface area contributed by atoms with Crippen LogP contribution in [0.2, 0.25) is 0 Å². The van der Waals surface area contributed by atoms with Crippen molar-refractivity contribution in [3.63, 3.8) is 0 Å². The van der Waals surface area contributed by atoms with E-state index in [1.165, 1.54) is 42.1 Å². The summed E-state index contributed by atoms with van der Waals surface area (Å²) in [4.78, 5) is 21.8. The third-order valence-corrected chi connectivity index (χ3v) is 3.76. The maximum Gasteiger partial charge on any atom is 0.269 e. The highest BCUT2D eigenvalue weighted by molar-refractivity contribution is 7.99. The Morgan fingerprint density at radius 1 is 1.23 bits per heavy atom. The number of anilines is 1. The number of carbonyl (C=O) groups is 1. The van der Waals surface area contributed by atoms with Gasteiger partial charge in [-0.3, -0.25) is 14.9 Å². The second-order valence-corrected chi connectivity index (χ2v) is 5.46. The fraction of sp³-hybridized carbons (Fsp3) is 0.133. The Labute approximate surface area is 130 Å². The van der Waals surface area contributed by atoms with Crippen LogP contribution >= 0.6 is 11.8 Å². The first-order valence-corrected chi connectivity index (χ1v) is 7.56. The molecule has 0 aliphatic heterocycles. The number of nitro benzene ring substituents is 1. The van der Waals surface area contributed by atoms with Gasteiger partial charge in [-0.2, -0.15) is 0 Å². The molecule has 0 saturated heterocycles. The maximum atomic E-state index is 13.0. The number of carbonyl (C=O) groups excluding carboxylic acids is 1. The molecule has 0 radical (unpaired) electrons. The minimum atomic E-state index is -0.455. The van der Waals surface area contributed by atoms with E-state index in [4.69, 9.17) is 0 Å². The van der Waals surface area contributed by atoms with E-state index in [1.54, 1.807) is 18.2 Å². The van der Waals surface area contributed by atoms with Gasteiger partial charge in [-0.05, 0) is 23.8 Å². The van der Waals surface area contributed by atoms with Gasteiger partial charge in [0.1, 0.15) is 5.82 Å². The maximum absolute atomic E-state index is 13.0. The van der Waals surface area contributed by atoms with E-state index in [2.05, 4.69) is 5.32 Å². The summed E-state index contributed by atoms with van der Waals surface area (Å²) in [5, 5.41) is 13.1. The molecule has 2 aromatic carbocycles. The molecule has 0 aliphatic carbocycles. The Morgan fingerprint density at radius 3 is 2.59 bits per heavy atom. The second kappa shape index (κ2) is 7.56. The number of nitrogens with one attached hydrogen (secondary N) is 1. The quantitative estimate of drug-likeness (QED) is 0.652. The lowest BCUT2D eigenvalue weighted by Crippen LogP contribution is -2.14. The van der Waals surface area contributed by atoms with Crippen LogP contribution in [0.15, 0.2) is 48.5 Å². The standard InChI is InChI=1S/C15H13FN2O3S/c16-12-2-1-3-13(8-12)17-15(19)10-22-9-11-4-6-14(7-5-11)18(20)21/h1-8H,9-10H2,(H,17,19). The van der Waals surface area contributed by atoms with Crippen LogP contribution in [0.4, 0.5) is 15.8 Å². The molecule has 0 heterocycles. The van der Waals surface area contributed by atoms with E-state index >= 15 is 0 Å². The van der Waals surface area contributed by atoms with Gasteiger partial charge in [-0.1, -0.05) is 18.2 Å². The number of nitrogens with zero attached hydrogens (tertiary/aromatic N) is 1. The summed E-state index contributed by atoms with van der Waals surface area (Å²) in [5.41, 5.74) is 1.35. The molecule has 2 aromatic rings. The van der Waals surface area contributed by atoms with Gasteiger partial charge in [0, 0.05) is 23.6 Å². The van der Waals surface area contributed by atoms with Crippen molar-refractivity contribution in [2.75, 3.05) is 11.1 Å². The molecule has 0 spiro atoms. The number of thioether (sulfide) groups is 1. The molecule has 2 rings (SSSR count). The van der Waals surface area contributed by atoms with Crippen molar-refractivity contribution in [2.24, 2.45) is 0 Å². The number of amides is 1. The van der Waals surface area contributed by atoms with E-state index in [-0.39, 0.29) is 17.3 Å². The molecule has 0 atom stereocenters. The van der Waals surface area contributed by atoms with Crippen molar-refractivity contribution in [1.82, 2.24) is 0 Å². The minimum absolute atomic E-state index is 0.0394. The summed E-state index contributed by atoms with van der Waals surface area (Å²) >= 11 is 1.38. The zero-order chi connectivity index (χ0) is 15.9. The minimum Gasteiger partial charge on any atom is -0.325 e. The number of benzene rings is 2. The first kappa shape index (κ1) is 16.0. The van der Waals surface area contributed by atoms with Crippen LogP contribution in [0.25, 0.3) is 0 Å². The Balaban J connectivity index is 1.78. The molecular weight excluding hydrogens is 307 g/mol. The van der Waals surface area contributed by atoms with Crippen LogP contribution in [-0.2, 0) is 10.5 Å². The van der Waals surface area contributed by atoms with E-state index < -0.39 is 10.7 Å². The third-order valence-electron chi connectivity index (χ3n) is 2.76. The number of nitro groups is 1. The van der Waals surface area contributed by atoms with Crippen molar-refractivity contribution >= 4 is 29.0 Å². The molecule has 0 unspecified atom stereocenters. The predicted octanol–water partition coefficient (Wildman–Crippen LogP) is 3.61. The van der Waals surface area contributed by atoms with E-state index in [0.717, 1.165) is 5.56 Å². The van der Waals surface area contributed by atoms with Crippen molar-refractivity contribution in [1.29, 1.82) is 0 Å². The van der Waals surface area contributed by atoms with Crippen LogP contribution in [0.3, 0.4) is 0 Å². The van der Waals surface area contributed by atoms with E-state index in [9.17, 15) is 19.3 Å². The molecule has 5 nitrogen and oxygen atoms in total. The van der Waals surface area contributed by atoms with Crippen LogP contribution in [0, 0.1) is 15.9 Å². The summed E-state index contributed by atoms with van der Waals surface area (Å²) in [7, 11) is 0. The van der Waals surface area contributed by atoms with Gasteiger partial charge < -0.3 is 5.32 Å². The fourth-order valence-electron chi connectivity index (χ4n) is 1.74. The number of non-ortho nitro benzene ring substituents is 1. The van der Waals surface area contributed by atoms with Crippen molar-refractivity contribution in [3.8, 4) is 0 Å². The Bertz CT molecular complexity index is 677. The van der Waals surface area contributed by atoms with Crippen LogP contribution in [-0.4, -0.2) is 16.6 Å². The molecule has 0 fully saturated rings. The summed E-state index contributed by atoms with van der Waals surface area (Å²) < 4.78 is 13.0. The average molecular weight is 320 g/mol. The molecular formula is C15H13FN2O3S. The lowest BCUT2D eigenvalue weighted by atomic mass is 10.2. The largest absolute Gasteiger partial charge is 0.325 e. The molecule has 1 N–H and O–H groups in total. The highest BCUT2D eigenvalue weighted by Crippen LogP contribution is 2.17. The summed E-state index contributed by atoms with van der Waals surface area (Å²) in [6.45, 7) is 0. The van der Waals surface area contributed by atoms with E-state index in [0.29, 0.717) is 11.4 Å². The Morgan fingerprint density at radius 2 is 1.95 bits per heavy atom. The molecule has 0 saturated carbocycles. The van der Waals surface area contributed by atoms with Gasteiger partial charge in [0.05, 0.1) is 10.7 Å². The smallest absolute Gasteiger partial charge is 0.269 e. The summed E-state index contributed by atoms with van der Waals surface area (Å²) in [5.74, 6) is 0.149. The lowest BCUT2D eigenvalue weighted by Gasteiger charge is -2.05. The zero-order valence-electron chi connectivity index (χ0n) is 11.5. The normalized spacial score (nSPS) is 10.2. The van der Waals surface area contributed by atoms with Crippen LogP contribution < -0.4 is 5.32 Å². The van der Waals surface area contributed by atoms with Gasteiger partial charge in [0.2, 0.25) is 5.91 Å². The van der Waals surface area contributed by atoms with Gasteiger partial charge in [-0.25, -0.2) is 4.39 Å². The zero-order valence-corrected chi connectivity index (χ0v) is 12.3.